The molecule has 1 atom stereocenters. The van der Waals surface area contributed by atoms with Crippen LogP contribution in [0, 0.1) is 13.8 Å². The number of nitrogens with one attached hydrogen (secondary N) is 1. The van der Waals surface area contributed by atoms with E-state index >= 15 is 0 Å². The molecule has 1 amide bonds. The van der Waals surface area contributed by atoms with E-state index in [0.29, 0.717) is 11.5 Å². The van der Waals surface area contributed by atoms with Crippen LogP contribution in [0.4, 0.5) is 0 Å². The van der Waals surface area contributed by atoms with Crippen molar-refractivity contribution in [2.24, 2.45) is 0 Å². The predicted molar refractivity (Wildman–Crippen MR) is 131 cm³/mol. The summed E-state index contributed by atoms with van der Waals surface area (Å²) >= 11 is 1.44. The lowest BCUT2D eigenvalue weighted by Gasteiger charge is -2.16. The molecule has 6 heteroatoms. The molecule has 1 unspecified atom stereocenters. The number of unbranched alkanes of at least 4 members (excludes halogenated alkanes) is 1. The summed E-state index contributed by atoms with van der Waals surface area (Å²) in [4.78, 5) is 18.1. The molecule has 0 saturated carbocycles. The zero-order chi connectivity index (χ0) is 22.5. The van der Waals surface area contributed by atoms with Crippen molar-refractivity contribution < 1.29 is 9.53 Å². The first-order valence-corrected chi connectivity index (χ1v) is 11.9. The van der Waals surface area contributed by atoms with Crippen LogP contribution in [-0.2, 0) is 6.54 Å². The van der Waals surface area contributed by atoms with Crippen LogP contribution in [0.15, 0.2) is 60.0 Å². The van der Waals surface area contributed by atoms with E-state index < -0.39 is 0 Å². The molecule has 4 aromatic rings. The van der Waals surface area contributed by atoms with Gasteiger partial charge in [0, 0.05) is 6.54 Å². The Labute approximate surface area is 193 Å². The van der Waals surface area contributed by atoms with E-state index in [0.717, 1.165) is 47.6 Å². The number of para-hydroxylation sites is 2. The van der Waals surface area contributed by atoms with Crippen LogP contribution in [0.3, 0.4) is 0 Å². The molecule has 0 radical (unpaired) electrons. The van der Waals surface area contributed by atoms with Gasteiger partial charge in [0.1, 0.15) is 11.6 Å². The van der Waals surface area contributed by atoms with Gasteiger partial charge in [0.2, 0.25) is 0 Å². The highest BCUT2D eigenvalue weighted by molar-refractivity contribution is 7.12. The number of carbonyl (C=O) groups excluding carboxylic acids is 1. The van der Waals surface area contributed by atoms with Gasteiger partial charge in [0.25, 0.3) is 5.91 Å². The highest BCUT2D eigenvalue weighted by Crippen LogP contribution is 2.23. The molecule has 1 N–H and O–H groups in total. The molecule has 0 spiro atoms. The number of aromatic nitrogens is 2. The molecular formula is C26H29N3O2S. The fraction of sp³-hybridized carbons (Fsp3) is 0.308. The molecule has 0 aliphatic heterocycles. The van der Waals surface area contributed by atoms with Gasteiger partial charge in [-0.05, 0) is 74.4 Å². The molecule has 2 aromatic heterocycles. The van der Waals surface area contributed by atoms with Crippen LogP contribution in [0.1, 0.15) is 52.4 Å². The van der Waals surface area contributed by atoms with Crippen LogP contribution in [0.5, 0.6) is 5.75 Å². The molecule has 5 nitrogen and oxygen atoms in total. The van der Waals surface area contributed by atoms with E-state index in [4.69, 9.17) is 9.72 Å². The summed E-state index contributed by atoms with van der Waals surface area (Å²) in [5, 5.41) is 5.01. The second-order valence-electron chi connectivity index (χ2n) is 8.11. The van der Waals surface area contributed by atoms with Crippen molar-refractivity contribution in [3.8, 4) is 5.75 Å². The van der Waals surface area contributed by atoms with E-state index in [1.165, 1.54) is 16.9 Å². The fourth-order valence-electron chi connectivity index (χ4n) is 3.82. The maximum atomic E-state index is 12.5. The van der Waals surface area contributed by atoms with E-state index in [1.54, 1.807) is 0 Å². The van der Waals surface area contributed by atoms with E-state index in [2.05, 4.69) is 48.0 Å². The molecule has 32 heavy (non-hydrogen) atoms. The van der Waals surface area contributed by atoms with Crippen molar-refractivity contribution in [3.63, 3.8) is 0 Å². The van der Waals surface area contributed by atoms with E-state index in [-0.39, 0.29) is 11.9 Å². The third kappa shape index (κ3) is 5.02. The Morgan fingerprint density at radius 1 is 1.12 bits per heavy atom. The Hall–Kier alpha value is -3.12. The van der Waals surface area contributed by atoms with Gasteiger partial charge >= 0.3 is 0 Å². The average molecular weight is 448 g/mol. The third-order valence-electron chi connectivity index (χ3n) is 5.54. The molecule has 0 saturated heterocycles. The van der Waals surface area contributed by atoms with Gasteiger partial charge < -0.3 is 14.6 Å². The van der Waals surface area contributed by atoms with Crippen LogP contribution in [-0.4, -0.2) is 22.1 Å². The molecule has 0 aliphatic carbocycles. The Balaban J connectivity index is 1.42. The Morgan fingerprint density at radius 3 is 2.78 bits per heavy atom. The number of benzene rings is 2. The lowest BCUT2D eigenvalue weighted by atomic mass is 10.1. The zero-order valence-corrected chi connectivity index (χ0v) is 19.6. The number of fused-ring (bicyclic) bond motifs is 1. The number of aryl methyl sites for hydroxylation is 3. The summed E-state index contributed by atoms with van der Waals surface area (Å²) in [5.41, 5.74) is 4.41. The number of amides is 1. The summed E-state index contributed by atoms with van der Waals surface area (Å²) in [6.07, 6.45) is 1.90. The van der Waals surface area contributed by atoms with Crippen LogP contribution >= 0.6 is 11.3 Å². The molecular weight excluding hydrogens is 418 g/mol. The predicted octanol–water partition coefficient (Wildman–Crippen LogP) is 6.06. The van der Waals surface area contributed by atoms with Crippen molar-refractivity contribution in [1.82, 2.24) is 14.9 Å². The Morgan fingerprint density at radius 2 is 1.97 bits per heavy atom. The maximum Gasteiger partial charge on any atom is 0.261 e. The van der Waals surface area contributed by atoms with Crippen LogP contribution < -0.4 is 10.1 Å². The summed E-state index contributed by atoms with van der Waals surface area (Å²) in [6, 6.07) is 18.0. The van der Waals surface area contributed by atoms with Crippen molar-refractivity contribution in [3.05, 3.63) is 81.8 Å². The second-order valence-corrected chi connectivity index (χ2v) is 9.06. The molecule has 166 valence electrons. The summed E-state index contributed by atoms with van der Waals surface area (Å²) < 4.78 is 8.24. The standard InChI is InChI=1S/C26H29N3O2S/c1-18-12-13-19(2)23(17-18)31-15-7-6-14-29-22-10-5-4-9-21(22)28-25(29)20(3)27-26(30)24-11-8-16-32-24/h4-5,8-13,16-17,20H,6-7,14-15H2,1-3H3,(H,27,30). The molecule has 0 bridgehead atoms. The second kappa shape index (κ2) is 10.0. The van der Waals surface area contributed by atoms with Gasteiger partial charge in [0.15, 0.2) is 0 Å². The quantitative estimate of drug-likeness (QED) is 0.317. The number of carbonyl (C=O) groups is 1. The van der Waals surface area contributed by atoms with Gasteiger partial charge in [-0.3, -0.25) is 4.79 Å². The summed E-state index contributed by atoms with van der Waals surface area (Å²) in [7, 11) is 0. The number of thiophene rings is 1. The molecule has 2 aromatic carbocycles. The molecule has 0 aliphatic rings. The number of hydrogen-bond donors (Lipinski definition) is 1. The molecule has 4 rings (SSSR count). The van der Waals surface area contributed by atoms with Crippen molar-refractivity contribution in [1.29, 1.82) is 0 Å². The van der Waals surface area contributed by atoms with Crippen LogP contribution in [0.25, 0.3) is 11.0 Å². The number of hydrogen-bond acceptors (Lipinski definition) is 4. The van der Waals surface area contributed by atoms with Gasteiger partial charge in [-0.1, -0.05) is 30.3 Å². The minimum atomic E-state index is -0.191. The van der Waals surface area contributed by atoms with E-state index in [1.807, 2.05) is 42.6 Å². The number of ether oxygens (including phenoxy) is 1. The molecule has 2 heterocycles. The lowest BCUT2D eigenvalue weighted by Crippen LogP contribution is -2.28. The largest absolute Gasteiger partial charge is 0.493 e. The number of nitrogens with zero attached hydrogens (tertiary/aromatic N) is 2. The fourth-order valence-corrected chi connectivity index (χ4v) is 4.44. The van der Waals surface area contributed by atoms with Crippen molar-refractivity contribution in [2.75, 3.05) is 6.61 Å². The SMILES string of the molecule is Cc1ccc(C)c(OCCCCn2c(C(C)NC(=O)c3cccs3)nc3ccccc32)c1. The van der Waals surface area contributed by atoms with Gasteiger partial charge in [0.05, 0.1) is 28.6 Å². The monoisotopic (exact) mass is 447 g/mol. The van der Waals surface area contributed by atoms with Crippen LogP contribution in [0.2, 0.25) is 0 Å². The third-order valence-corrected chi connectivity index (χ3v) is 6.41. The lowest BCUT2D eigenvalue weighted by molar-refractivity contribution is 0.0941. The van der Waals surface area contributed by atoms with Gasteiger partial charge in [-0.2, -0.15) is 0 Å². The first kappa shape index (κ1) is 22.1. The molecule has 0 fully saturated rings. The van der Waals surface area contributed by atoms with Crippen molar-refractivity contribution >= 4 is 28.3 Å². The zero-order valence-electron chi connectivity index (χ0n) is 18.8. The minimum Gasteiger partial charge on any atom is -0.493 e. The van der Waals surface area contributed by atoms with Crippen molar-refractivity contribution in [2.45, 2.75) is 46.2 Å². The van der Waals surface area contributed by atoms with Gasteiger partial charge in [-0.25, -0.2) is 4.98 Å². The summed E-state index contributed by atoms with van der Waals surface area (Å²) in [6.45, 7) is 7.65. The first-order valence-electron chi connectivity index (χ1n) is 11.0. The first-order chi connectivity index (χ1) is 15.5. The highest BCUT2D eigenvalue weighted by Gasteiger charge is 2.19. The van der Waals surface area contributed by atoms with Gasteiger partial charge in [-0.15, -0.1) is 11.3 Å². The number of imidazole rings is 1. The number of rotatable bonds is 9. The van der Waals surface area contributed by atoms with E-state index in [9.17, 15) is 4.79 Å². The highest BCUT2D eigenvalue weighted by atomic mass is 32.1. The Bertz CT molecular complexity index is 1200. The minimum absolute atomic E-state index is 0.0620. The average Bonchev–Trinajstić information content (AvgIpc) is 3.44. The topological polar surface area (TPSA) is 56.1 Å². The normalized spacial score (nSPS) is 12.1. The summed E-state index contributed by atoms with van der Waals surface area (Å²) in [5.74, 6) is 1.78. The maximum absolute atomic E-state index is 12.5. The Kier molecular flexibility index (Phi) is 6.90. The smallest absolute Gasteiger partial charge is 0.261 e.